The van der Waals surface area contributed by atoms with Crippen LogP contribution >= 0.6 is 0 Å². The average molecular weight is 728 g/mol. The molecule has 1 unspecified atom stereocenters. The Labute approximate surface area is 308 Å². The van der Waals surface area contributed by atoms with Gasteiger partial charge in [0, 0.05) is 33.9 Å². The molecule has 0 heterocycles. The highest BCUT2D eigenvalue weighted by Crippen LogP contribution is 2.78. The number of carbonyl (C=O) groups excluding carboxylic acids is 2. The SMILES string of the molecule is CCCN(C[C@]1(O)CC[C@H]2[C@]34C=C[C@@]5(C=C3C(=O)c3cccc(C(F)(F)F)c3)CC(O)CC[C@]5(C)[C@H]4CC[C@@]21C)C(=O)Oc1ccc2ccccc2c1. The van der Waals surface area contributed by atoms with Crippen molar-refractivity contribution in [3.05, 3.63) is 102 Å². The fraction of sp³-hybridized carbons (Fsp3) is 0.500. The molecule has 53 heavy (non-hydrogen) atoms. The molecular weight excluding hydrogens is 679 g/mol. The molecule has 1 amide bonds. The standard InChI is InChI=1S/C44H48F3NO5/c1-4-22-48(38(51)53-33-13-12-28-8-5-6-9-29(28)24-33)27-42(52)19-16-36-40(42,3)18-15-35-39(2)17-14-32(49)25-41(39)20-21-43(35,36)34(26-41)37(50)30-10-7-11-31(23-30)44(45,46)47/h5-13,20-21,23-24,26,32,35-36,49,52H,4,14-19,22,25,27H2,1-3H3/t32?,35-,36-,39-,40+,41+,42-,43-/m1/s1. The number of hydrogen-bond acceptors (Lipinski definition) is 5. The first-order valence-corrected chi connectivity index (χ1v) is 19.1. The summed E-state index contributed by atoms with van der Waals surface area (Å²) in [6.07, 6.45) is 5.44. The molecular formula is C44H48F3NO5. The minimum absolute atomic E-state index is 0.0132. The van der Waals surface area contributed by atoms with E-state index in [1.54, 1.807) is 11.0 Å². The maximum absolute atomic E-state index is 14.8. The molecule has 9 rings (SSSR count). The number of nitrogens with zero attached hydrogens (tertiary/aromatic N) is 1. The Bertz CT molecular complexity index is 2040. The van der Waals surface area contributed by atoms with Gasteiger partial charge < -0.3 is 19.8 Å². The third-order valence-electron chi connectivity index (χ3n) is 14.5. The van der Waals surface area contributed by atoms with Gasteiger partial charge in [-0.15, -0.1) is 0 Å². The van der Waals surface area contributed by atoms with Gasteiger partial charge in [0.25, 0.3) is 0 Å². The molecule has 3 aromatic rings. The number of Topliss-reactive ketones (excluding diaryl/α,β-unsaturated/α-hetero) is 1. The van der Waals surface area contributed by atoms with Crippen molar-refractivity contribution in [1.82, 2.24) is 4.90 Å². The van der Waals surface area contributed by atoms with Crippen molar-refractivity contribution in [1.29, 1.82) is 0 Å². The van der Waals surface area contributed by atoms with Crippen LogP contribution in [0.5, 0.6) is 5.75 Å². The molecule has 2 N–H and O–H groups in total. The van der Waals surface area contributed by atoms with Crippen molar-refractivity contribution in [3.63, 3.8) is 0 Å². The molecule has 8 atom stereocenters. The van der Waals surface area contributed by atoms with Crippen molar-refractivity contribution in [2.24, 2.45) is 33.5 Å². The number of rotatable bonds is 7. The van der Waals surface area contributed by atoms with E-state index in [-0.39, 0.29) is 29.4 Å². The molecule has 3 saturated carbocycles. The van der Waals surface area contributed by atoms with Crippen LogP contribution in [0.1, 0.15) is 88.1 Å². The van der Waals surface area contributed by atoms with Crippen LogP contribution in [-0.4, -0.2) is 51.8 Å². The summed E-state index contributed by atoms with van der Waals surface area (Å²) in [5, 5.41) is 25.8. The summed E-state index contributed by atoms with van der Waals surface area (Å²) < 4.78 is 47.6. The van der Waals surface area contributed by atoms with Crippen LogP contribution in [0.4, 0.5) is 18.0 Å². The summed E-state index contributed by atoms with van der Waals surface area (Å²) in [4.78, 5) is 30.2. The summed E-state index contributed by atoms with van der Waals surface area (Å²) in [5.41, 5.74) is -4.21. The highest BCUT2D eigenvalue weighted by molar-refractivity contribution is 6.10. The minimum atomic E-state index is -4.60. The van der Waals surface area contributed by atoms with Gasteiger partial charge in [0.2, 0.25) is 0 Å². The Hall–Kier alpha value is -3.95. The number of aliphatic hydroxyl groups excluding tert-OH is 1. The van der Waals surface area contributed by atoms with E-state index >= 15 is 0 Å². The van der Waals surface area contributed by atoms with Crippen LogP contribution in [0.2, 0.25) is 0 Å². The highest BCUT2D eigenvalue weighted by atomic mass is 19.4. The number of ketones is 1. The number of aliphatic hydroxyl groups is 2. The van der Waals surface area contributed by atoms with Gasteiger partial charge in [-0.3, -0.25) is 4.79 Å². The molecule has 0 radical (unpaired) electrons. The Kier molecular flexibility index (Phi) is 8.36. The minimum Gasteiger partial charge on any atom is -0.410 e. The number of carbonyl (C=O) groups is 2. The van der Waals surface area contributed by atoms with Crippen LogP contribution in [0.15, 0.2) is 90.5 Å². The van der Waals surface area contributed by atoms with E-state index in [0.717, 1.165) is 29.3 Å². The highest BCUT2D eigenvalue weighted by Gasteiger charge is 2.74. The number of hydrogen-bond donors (Lipinski definition) is 2. The van der Waals surface area contributed by atoms with Crippen molar-refractivity contribution < 1.29 is 37.7 Å². The van der Waals surface area contributed by atoms with E-state index in [4.69, 9.17) is 4.74 Å². The number of ether oxygens (including phenoxy) is 1. The predicted octanol–water partition coefficient (Wildman–Crippen LogP) is 9.54. The van der Waals surface area contributed by atoms with Gasteiger partial charge in [-0.2, -0.15) is 13.2 Å². The molecule has 280 valence electrons. The molecule has 2 bridgehead atoms. The Morgan fingerprint density at radius 3 is 2.36 bits per heavy atom. The normalized spacial score (nSPS) is 35.6. The van der Waals surface area contributed by atoms with Gasteiger partial charge in [-0.25, -0.2) is 4.79 Å². The topological polar surface area (TPSA) is 87.1 Å². The summed E-state index contributed by atoms with van der Waals surface area (Å²) in [6.45, 7) is 6.75. The lowest BCUT2D eigenvalue weighted by atomic mass is 9.32. The van der Waals surface area contributed by atoms with Gasteiger partial charge in [0.15, 0.2) is 5.78 Å². The van der Waals surface area contributed by atoms with Gasteiger partial charge in [-0.05, 0) is 104 Å². The molecule has 0 saturated heterocycles. The summed E-state index contributed by atoms with van der Waals surface area (Å²) in [7, 11) is 0. The monoisotopic (exact) mass is 727 g/mol. The zero-order valence-electron chi connectivity index (χ0n) is 30.6. The van der Waals surface area contributed by atoms with Gasteiger partial charge >= 0.3 is 12.3 Å². The summed E-state index contributed by atoms with van der Waals surface area (Å²) in [5.74, 6) is -0.257. The van der Waals surface area contributed by atoms with Gasteiger partial charge in [0.05, 0.1) is 23.8 Å². The molecule has 0 aliphatic heterocycles. The van der Waals surface area contributed by atoms with Crippen LogP contribution in [0.25, 0.3) is 10.8 Å². The maximum Gasteiger partial charge on any atom is 0.416 e. The van der Waals surface area contributed by atoms with E-state index in [9.17, 15) is 33.0 Å². The lowest BCUT2D eigenvalue weighted by Gasteiger charge is -2.71. The Morgan fingerprint density at radius 1 is 0.887 bits per heavy atom. The third-order valence-corrected chi connectivity index (χ3v) is 14.5. The lowest BCUT2D eigenvalue weighted by Crippen LogP contribution is -2.67. The van der Waals surface area contributed by atoms with E-state index in [0.29, 0.717) is 62.8 Å². The van der Waals surface area contributed by atoms with E-state index in [1.165, 1.54) is 12.1 Å². The fourth-order valence-corrected chi connectivity index (χ4v) is 11.8. The average Bonchev–Trinajstić information content (AvgIpc) is 3.40. The molecule has 2 spiro atoms. The number of fused-ring (bicyclic) bond motifs is 2. The lowest BCUT2D eigenvalue weighted by molar-refractivity contribution is -0.175. The molecule has 3 aromatic carbocycles. The summed E-state index contributed by atoms with van der Waals surface area (Å²) >= 11 is 0. The second kappa shape index (κ2) is 12.3. The molecule has 9 heteroatoms. The molecule has 0 aromatic heterocycles. The third kappa shape index (κ3) is 5.27. The molecule has 6 aliphatic carbocycles. The van der Waals surface area contributed by atoms with Crippen LogP contribution in [-0.2, 0) is 6.18 Å². The number of amides is 1. The molecule has 6 nitrogen and oxygen atoms in total. The second-order valence-corrected chi connectivity index (χ2v) is 17.0. The van der Waals surface area contributed by atoms with Crippen LogP contribution in [0.3, 0.4) is 0 Å². The van der Waals surface area contributed by atoms with Crippen molar-refractivity contribution in [3.8, 4) is 5.75 Å². The van der Waals surface area contributed by atoms with Crippen molar-refractivity contribution >= 4 is 22.6 Å². The number of alkyl halides is 3. The Balaban J connectivity index is 1.16. The first kappa shape index (κ1) is 36.0. The predicted molar refractivity (Wildman–Crippen MR) is 196 cm³/mol. The Morgan fingerprint density at radius 2 is 1.60 bits per heavy atom. The van der Waals surface area contributed by atoms with Crippen LogP contribution in [0, 0.1) is 33.5 Å². The van der Waals surface area contributed by atoms with E-state index in [2.05, 4.69) is 26.0 Å². The van der Waals surface area contributed by atoms with Gasteiger partial charge in [0.1, 0.15) is 5.75 Å². The summed E-state index contributed by atoms with van der Waals surface area (Å²) in [6, 6.07) is 18.0. The van der Waals surface area contributed by atoms with E-state index in [1.807, 2.05) is 49.4 Å². The second-order valence-electron chi connectivity index (χ2n) is 17.0. The van der Waals surface area contributed by atoms with Gasteiger partial charge in [-0.1, -0.05) is 81.5 Å². The number of halogens is 3. The zero-order valence-corrected chi connectivity index (χ0v) is 30.6. The number of allylic oxidation sites excluding steroid dienone is 4. The van der Waals surface area contributed by atoms with E-state index < -0.39 is 51.6 Å². The van der Waals surface area contributed by atoms with Crippen molar-refractivity contribution in [2.45, 2.75) is 90.0 Å². The van der Waals surface area contributed by atoms with Crippen molar-refractivity contribution in [2.75, 3.05) is 13.1 Å². The van der Waals surface area contributed by atoms with Crippen LogP contribution < -0.4 is 4.74 Å². The first-order valence-electron chi connectivity index (χ1n) is 19.1. The molecule has 6 aliphatic rings. The first-order chi connectivity index (χ1) is 25.1. The maximum atomic E-state index is 14.8. The fourth-order valence-electron chi connectivity index (χ4n) is 11.8. The quantitative estimate of drug-likeness (QED) is 0.187. The smallest absolute Gasteiger partial charge is 0.410 e. The number of benzene rings is 3. The largest absolute Gasteiger partial charge is 0.416 e. The zero-order chi connectivity index (χ0) is 37.6. The molecule has 3 fully saturated rings.